The molecule has 0 saturated carbocycles. The predicted octanol–water partition coefficient (Wildman–Crippen LogP) is 3.41. The van der Waals surface area contributed by atoms with Crippen molar-refractivity contribution in [1.82, 2.24) is 5.32 Å². The van der Waals surface area contributed by atoms with E-state index in [0.717, 1.165) is 10.0 Å². The molecule has 2 unspecified atom stereocenters. The third-order valence-corrected chi connectivity index (χ3v) is 3.14. The fourth-order valence-electron chi connectivity index (χ4n) is 1.56. The summed E-state index contributed by atoms with van der Waals surface area (Å²) in [5.41, 5.74) is 0.898. The summed E-state index contributed by atoms with van der Waals surface area (Å²) in [6, 6.07) is 7.14. The number of aliphatic hydroxyl groups excluding tert-OH is 1. The van der Waals surface area contributed by atoms with Crippen molar-refractivity contribution >= 4 is 15.9 Å². The molecule has 18 heavy (non-hydrogen) atoms. The van der Waals surface area contributed by atoms with Crippen LogP contribution in [0.1, 0.15) is 24.9 Å². The van der Waals surface area contributed by atoms with E-state index in [-0.39, 0.29) is 6.04 Å². The van der Waals surface area contributed by atoms with Crippen molar-refractivity contribution in [2.24, 2.45) is 0 Å². The molecular formula is C12H15BrF3NO. The Bertz CT molecular complexity index is 367. The van der Waals surface area contributed by atoms with Gasteiger partial charge in [0.2, 0.25) is 0 Å². The molecule has 0 fully saturated rings. The lowest BCUT2D eigenvalue weighted by atomic mass is 10.0. The summed E-state index contributed by atoms with van der Waals surface area (Å²) in [5, 5.41) is 11.7. The number of alkyl halides is 3. The van der Waals surface area contributed by atoms with Gasteiger partial charge in [-0.05, 0) is 24.1 Å². The molecule has 0 saturated heterocycles. The average Bonchev–Trinajstić information content (AvgIpc) is 2.30. The fourth-order valence-corrected chi connectivity index (χ4v) is 1.83. The molecule has 0 aliphatic heterocycles. The molecule has 1 aromatic carbocycles. The molecule has 1 rings (SSSR count). The van der Waals surface area contributed by atoms with Crippen LogP contribution in [-0.2, 0) is 0 Å². The van der Waals surface area contributed by atoms with Crippen molar-refractivity contribution in [3.05, 3.63) is 34.3 Å². The van der Waals surface area contributed by atoms with Crippen LogP contribution >= 0.6 is 15.9 Å². The number of hydrogen-bond donors (Lipinski definition) is 2. The van der Waals surface area contributed by atoms with Crippen LogP contribution in [0.2, 0.25) is 0 Å². The molecule has 1 aromatic rings. The molecule has 0 aliphatic rings. The summed E-state index contributed by atoms with van der Waals surface area (Å²) >= 11 is 3.30. The Morgan fingerprint density at radius 1 is 1.28 bits per heavy atom. The topological polar surface area (TPSA) is 32.3 Å². The largest absolute Gasteiger partial charge is 0.415 e. The first kappa shape index (κ1) is 15.5. The molecule has 6 heteroatoms. The standard InChI is InChI=1S/C12H15BrF3NO/c1-2-10(8-3-5-9(13)6-4-8)17-7-11(18)12(14,15)16/h3-6,10-11,17-18H,2,7H2,1H3. The van der Waals surface area contributed by atoms with Crippen LogP contribution in [0.3, 0.4) is 0 Å². The van der Waals surface area contributed by atoms with Crippen LogP contribution in [0, 0.1) is 0 Å². The van der Waals surface area contributed by atoms with Gasteiger partial charge < -0.3 is 10.4 Å². The van der Waals surface area contributed by atoms with E-state index in [0.29, 0.717) is 6.42 Å². The SMILES string of the molecule is CCC(NCC(O)C(F)(F)F)c1ccc(Br)cc1. The molecule has 2 nitrogen and oxygen atoms in total. The van der Waals surface area contributed by atoms with Crippen LogP contribution in [0.4, 0.5) is 13.2 Å². The lowest BCUT2D eigenvalue weighted by molar-refractivity contribution is -0.202. The summed E-state index contributed by atoms with van der Waals surface area (Å²) in [5.74, 6) is 0. The first-order valence-electron chi connectivity index (χ1n) is 5.58. The van der Waals surface area contributed by atoms with E-state index in [4.69, 9.17) is 5.11 Å². The molecule has 0 spiro atoms. The smallest absolute Gasteiger partial charge is 0.382 e. The zero-order chi connectivity index (χ0) is 13.8. The summed E-state index contributed by atoms with van der Waals surface area (Å²) in [4.78, 5) is 0. The zero-order valence-corrected chi connectivity index (χ0v) is 11.4. The lowest BCUT2D eigenvalue weighted by Crippen LogP contribution is -2.39. The van der Waals surface area contributed by atoms with Gasteiger partial charge in [0.25, 0.3) is 0 Å². The van der Waals surface area contributed by atoms with Gasteiger partial charge >= 0.3 is 6.18 Å². The zero-order valence-electron chi connectivity index (χ0n) is 9.84. The van der Waals surface area contributed by atoms with Gasteiger partial charge in [-0.2, -0.15) is 13.2 Å². The highest BCUT2D eigenvalue weighted by atomic mass is 79.9. The van der Waals surface area contributed by atoms with Crippen LogP contribution in [0.25, 0.3) is 0 Å². The number of aliphatic hydroxyl groups is 1. The van der Waals surface area contributed by atoms with Gasteiger partial charge in [-0.3, -0.25) is 0 Å². The third kappa shape index (κ3) is 4.59. The number of nitrogens with one attached hydrogen (secondary N) is 1. The van der Waals surface area contributed by atoms with E-state index < -0.39 is 18.8 Å². The number of halogens is 4. The number of rotatable bonds is 5. The third-order valence-electron chi connectivity index (χ3n) is 2.62. The molecule has 102 valence electrons. The number of hydrogen-bond acceptors (Lipinski definition) is 2. The van der Waals surface area contributed by atoms with Gasteiger partial charge in [0, 0.05) is 17.1 Å². The Hall–Kier alpha value is -0.590. The highest BCUT2D eigenvalue weighted by Crippen LogP contribution is 2.22. The second kappa shape index (κ2) is 6.54. The Morgan fingerprint density at radius 2 is 1.83 bits per heavy atom. The molecule has 0 heterocycles. The van der Waals surface area contributed by atoms with E-state index in [1.165, 1.54) is 0 Å². The van der Waals surface area contributed by atoms with Crippen molar-refractivity contribution < 1.29 is 18.3 Å². The monoisotopic (exact) mass is 325 g/mol. The van der Waals surface area contributed by atoms with Crippen LogP contribution in [0.5, 0.6) is 0 Å². The van der Waals surface area contributed by atoms with Gasteiger partial charge in [0.15, 0.2) is 6.10 Å². The van der Waals surface area contributed by atoms with Crippen molar-refractivity contribution in [3.63, 3.8) is 0 Å². The van der Waals surface area contributed by atoms with Gasteiger partial charge in [0.05, 0.1) is 0 Å². The van der Waals surface area contributed by atoms with Crippen LogP contribution in [0.15, 0.2) is 28.7 Å². The molecule has 2 atom stereocenters. The van der Waals surface area contributed by atoms with Gasteiger partial charge in [-0.25, -0.2) is 0 Å². The second-order valence-corrected chi connectivity index (χ2v) is 4.89. The van der Waals surface area contributed by atoms with Crippen molar-refractivity contribution in [3.8, 4) is 0 Å². The van der Waals surface area contributed by atoms with E-state index in [9.17, 15) is 13.2 Å². The minimum atomic E-state index is -4.58. The Morgan fingerprint density at radius 3 is 2.28 bits per heavy atom. The van der Waals surface area contributed by atoms with Gasteiger partial charge in [0.1, 0.15) is 0 Å². The lowest BCUT2D eigenvalue weighted by Gasteiger charge is -2.21. The first-order valence-corrected chi connectivity index (χ1v) is 6.37. The average molecular weight is 326 g/mol. The maximum absolute atomic E-state index is 12.2. The highest BCUT2D eigenvalue weighted by Gasteiger charge is 2.38. The molecule has 0 aliphatic carbocycles. The normalized spacial score (nSPS) is 15.4. The van der Waals surface area contributed by atoms with Gasteiger partial charge in [-0.15, -0.1) is 0 Å². The molecule has 0 aromatic heterocycles. The minimum Gasteiger partial charge on any atom is -0.382 e. The maximum atomic E-state index is 12.2. The number of benzene rings is 1. The van der Waals surface area contributed by atoms with Crippen molar-refractivity contribution in [2.45, 2.75) is 31.7 Å². The maximum Gasteiger partial charge on any atom is 0.415 e. The summed E-state index contributed by atoms with van der Waals surface area (Å²) in [7, 11) is 0. The Labute approximate surface area is 112 Å². The second-order valence-electron chi connectivity index (χ2n) is 3.98. The fraction of sp³-hybridized carbons (Fsp3) is 0.500. The highest BCUT2D eigenvalue weighted by molar-refractivity contribution is 9.10. The van der Waals surface area contributed by atoms with Crippen LogP contribution in [-0.4, -0.2) is 23.9 Å². The quantitative estimate of drug-likeness (QED) is 0.869. The summed E-state index contributed by atoms with van der Waals surface area (Å²) in [6.07, 6.45) is -6.26. The van der Waals surface area contributed by atoms with E-state index in [1.54, 1.807) is 0 Å². The predicted molar refractivity (Wildman–Crippen MR) is 67.2 cm³/mol. The van der Waals surface area contributed by atoms with E-state index >= 15 is 0 Å². The minimum absolute atomic E-state index is 0.199. The summed E-state index contributed by atoms with van der Waals surface area (Å²) < 4.78 is 37.4. The van der Waals surface area contributed by atoms with Gasteiger partial charge in [-0.1, -0.05) is 35.0 Å². The molecule has 0 bridgehead atoms. The first-order chi connectivity index (χ1) is 8.34. The van der Waals surface area contributed by atoms with E-state index in [2.05, 4.69) is 21.2 Å². The van der Waals surface area contributed by atoms with Crippen molar-refractivity contribution in [2.75, 3.05) is 6.54 Å². The molecular weight excluding hydrogens is 311 g/mol. The Balaban J connectivity index is 2.60. The molecule has 0 amide bonds. The Kier molecular flexibility index (Phi) is 5.62. The van der Waals surface area contributed by atoms with E-state index in [1.807, 2.05) is 31.2 Å². The summed E-state index contributed by atoms with van der Waals surface area (Å²) in [6.45, 7) is 1.37. The molecule has 2 N–H and O–H groups in total. The van der Waals surface area contributed by atoms with Crippen LogP contribution < -0.4 is 5.32 Å². The molecule has 0 radical (unpaired) electrons. The van der Waals surface area contributed by atoms with Crippen molar-refractivity contribution in [1.29, 1.82) is 0 Å².